The second-order valence-electron chi connectivity index (χ2n) is 22.4. The molecule has 400 valence electrons. The van der Waals surface area contributed by atoms with Crippen molar-refractivity contribution in [3.63, 3.8) is 0 Å². The van der Waals surface area contributed by atoms with Crippen LogP contribution in [0.15, 0.2) is 0 Å². The molecule has 0 bridgehead atoms. The van der Waals surface area contributed by atoms with Gasteiger partial charge in [0.15, 0.2) is 0 Å². The van der Waals surface area contributed by atoms with Crippen LogP contribution in [0.1, 0.15) is 261 Å². The average Bonchev–Trinajstić information content (AvgIpc) is 3.70. The Morgan fingerprint density at radius 2 is 0.941 bits per heavy atom. The zero-order chi connectivity index (χ0) is 50.5. The lowest BCUT2D eigenvalue weighted by molar-refractivity contribution is -0.155. The summed E-state index contributed by atoms with van der Waals surface area (Å²) in [6.45, 7) is 20.3. The van der Waals surface area contributed by atoms with Crippen molar-refractivity contribution < 1.29 is 38.1 Å². The number of ether oxygens (including phenoxy) is 4. The lowest BCUT2D eigenvalue weighted by Gasteiger charge is -2.24. The number of nitrogens with zero attached hydrogens (tertiary/aromatic N) is 2. The van der Waals surface area contributed by atoms with Crippen molar-refractivity contribution in [2.24, 2.45) is 22.7 Å². The minimum Gasteiger partial charge on any atom is -0.465 e. The summed E-state index contributed by atoms with van der Waals surface area (Å²) in [7, 11) is 3.87. The summed E-state index contributed by atoms with van der Waals surface area (Å²) in [5.74, 6) is 0.846. The zero-order valence-electron chi connectivity index (χ0n) is 46.3. The summed E-state index contributed by atoms with van der Waals surface area (Å²) in [5.41, 5.74) is -1.02. The van der Waals surface area contributed by atoms with E-state index in [0.717, 1.165) is 108 Å². The summed E-state index contributed by atoms with van der Waals surface area (Å²) >= 11 is 0. The third kappa shape index (κ3) is 31.2. The highest BCUT2D eigenvalue weighted by Crippen LogP contribution is 2.30. The van der Waals surface area contributed by atoms with Gasteiger partial charge in [0.25, 0.3) is 0 Å². The van der Waals surface area contributed by atoms with E-state index in [9.17, 15) is 19.2 Å². The molecule has 0 radical (unpaired) electrons. The lowest BCUT2D eigenvalue weighted by atomic mass is 9.87. The van der Waals surface area contributed by atoms with Crippen LogP contribution in [0.25, 0.3) is 0 Å². The third-order valence-electron chi connectivity index (χ3n) is 14.6. The van der Waals surface area contributed by atoms with Gasteiger partial charge in [-0.15, -0.1) is 0 Å². The SMILES string of the molecule is CCCCCC(CCCCC)CCCOC(=O)C(C)(C)CCCCCCOC(=O)[C@@H]1C[C@@H](OC(=O)CCN(C)C)CN1CCCCCCC(C)(C)C(=O)OCCCC(CCCCC)CCCCC. The van der Waals surface area contributed by atoms with Crippen molar-refractivity contribution in [3.8, 4) is 0 Å². The normalized spacial score (nSPS) is 15.7. The maximum Gasteiger partial charge on any atom is 0.323 e. The molecule has 2 atom stereocenters. The van der Waals surface area contributed by atoms with Gasteiger partial charge in [-0.1, -0.05) is 169 Å². The number of likely N-dealkylation sites (tertiary alicyclic amines) is 1. The monoisotopic (exact) mass is 963 g/mol. The Hall–Kier alpha value is -2.20. The first kappa shape index (κ1) is 63.8. The largest absolute Gasteiger partial charge is 0.465 e. The van der Waals surface area contributed by atoms with Crippen LogP contribution in [0.4, 0.5) is 0 Å². The summed E-state index contributed by atoms with van der Waals surface area (Å²) in [4.78, 5) is 56.3. The van der Waals surface area contributed by atoms with Gasteiger partial charge >= 0.3 is 23.9 Å². The van der Waals surface area contributed by atoms with E-state index in [2.05, 4.69) is 32.6 Å². The molecule has 0 spiro atoms. The van der Waals surface area contributed by atoms with Crippen LogP contribution >= 0.6 is 0 Å². The smallest absolute Gasteiger partial charge is 0.323 e. The highest BCUT2D eigenvalue weighted by atomic mass is 16.6. The molecule has 0 amide bonds. The van der Waals surface area contributed by atoms with Crippen molar-refractivity contribution >= 4 is 23.9 Å². The maximum atomic E-state index is 13.5. The van der Waals surface area contributed by atoms with E-state index in [-0.39, 0.29) is 30.0 Å². The first-order valence-corrected chi connectivity index (χ1v) is 28.7. The highest BCUT2D eigenvalue weighted by molar-refractivity contribution is 5.77. The van der Waals surface area contributed by atoms with Crippen LogP contribution in [0, 0.1) is 22.7 Å². The predicted octanol–water partition coefficient (Wildman–Crippen LogP) is 14.6. The van der Waals surface area contributed by atoms with Crippen molar-refractivity contribution in [3.05, 3.63) is 0 Å². The Balaban J connectivity index is 2.50. The van der Waals surface area contributed by atoms with Crippen molar-refractivity contribution in [2.45, 2.75) is 273 Å². The molecular weight excluding hydrogens is 853 g/mol. The number of carbonyl (C=O) groups excluding carboxylic acids is 4. The molecule has 10 nitrogen and oxygen atoms in total. The maximum absolute atomic E-state index is 13.5. The molecule has 1 aliphatic heterocycles. The molecule has 0 aromatic heterocycles. The molecule has 0 saturated carbocycles. The van der Waals surface area contributed by atoms with Gasteiger partial charge in [0.2, 0.25) is 0 Å². The second kappa shape index (κ2) is 39.4. The molecule has 1 saturated heterocycles. The third-order valence-corrected chi connectivity index (χ3v) is 14.6. The highest BCUT2D eigenvalue weighted by Gasteiger charge is 2.39. The summed E-state index contributed by atoms with van der Waals surface area (Å²) in [6.07, 6.45) is 34.3. The molecule has 0 N–H and O–H groups in total. The molecule has 0 unspecified atom stereocenters. The Labute approximate surface area is 419 Å². The molecule has 1 aliphatic rings. The van der Waals surface area contributed by atoms with Crippen LogP contribution in [0.3, 0.4) is 0 Å². The number of hydrogen-bond donors (Lipinski definition) is 0. The zero-order valence-corrected chi connectivity index (χ0v) is 46.3. The lowest BCUT2D eigenvalue weighted by Crippen LogP contribution is -2.38. The van der Waals surface area contributed by atoms with Crippen LogP contribution in [-0.2, 0) is 38.1 Å². The molecule has 1 rings (SSSR count). The number of rotatable bonds is 45. The molecule has 0 aromatic carbocycles. The number of carbonyl (C=O) groups is 4. The van der Waals surface area contributed by atoms with Gasteiger partial charge < -0.3 is 23.8 Å². The predicted molar refractivity (Wildman–Crippen MR) is 282 cm³/mol. The van der Waals surface area contributed by atoms with Gasteiger partial charge in [0.1, 0.15) is 12.1 Å². The first-order chi connectivity index (χ1) is 32.6. The van der Waals surface area contributed by atoms with Gasteiger partial charge in [-0.25, -0.2) is 0 Å². The van der Waals surface area contributed by atoms with Crippen LogP contribution in [0.5, 0.6) is 0 Å². The topological polar surface area (TPSA) is 112 Å². The Morgan fingerprint density at radius 3 is 1.38 bits per heavy atom. The van der Waals surface area contributed by atoms with E-state index in [4.69, 9.17) is 18.9 Å². The summed E-state index contributed by atoms with van der Waals surface area (Å²) in [5, 5.41) is 0. The fourth-order valence-corrected chi connectivity index (χ4v) is 9.79. The van der Waals surface area contributed by atoms with Crippen LogP contribution < -0.4 is 0 Å². The fraction of sp³-hybridized carbons (Fsp3) is 0.931. The number of hydrogen-bond acceptors (Lipinski definition) is 10. The number of unbranched alkanes of at least 4 members (excludes halogenated alkanes) is 14. The van der Waals surface area contributed by atoms with E-state index in [1.54, 1.807) is 0 Å². The van der Waals surface area contributed by atoms with Crippen molar-refractivity contribution in [2.75, 3.05) is 53.6 Å². The van der Waals surface area contributed by atoms with E-state index < -0.39 is 16.9 Å². The molecule has 68 heavy (non-hydrogen) atoms. The van der Waals surface area contributed by atoms with Crippen molar-refractivity contribution in [1.29, 1.82) is 0 Å². The molecule has 0 aromatic rings. The average molecular weight is 964 g/mol. The summed E-state index contributed by atoms with van der Waals surface area (Å²) in [6, 6.07) is -0.432. The number of esters is 4. The first-order valence-electron chi connectivity index (χ1n) is 28.7. The van der Waals surface area contributed by atoms with Crippen LogP contribution in [0.2, 0.25) is 0 Å². The van der Waals surface area contributed by atoms with Gasteiger partial charge in [-0.3, -0.25) is 24.1 Å². The van der Waals surface area contributed by atoms with E-state index in [1.807, 2.05) is 46.7 Å². The van der Waals surface area contributed by atoms with E-state index in [1.165, 1.54) is 103 Å². The van der Waals surface area contributed by atoms with Crippen molar-refractivity contribution in [1.82, 2.24) is 9.80 Å². The molecule has 10 heteroatoms. The van der Waals surface area contributed by atoms with Gasteiger partial charge in [0, 0.05) is 19.5 Å². The fourth-order valence-electron chi connectivity index (χ4n) is 9.79. The standard InChI is InChI=1S/C58H110N2O8/c1-11-15-23-33-49(34-24-16-12-2)37-31-45-66-55(63)57(5,6)40-27-19-21-29-42-60-48-51(68-53(61)39-43-59(9)10)47-52(60)54(62)65-44-30-22-20-28-41-58(7,8)56(64)67-46-32-38-50(35-25-17-13-3)36-26-18-14-4/h49-52H,11-48H2,1-10H3/t51-,52+/m1/s1. The van der Waals surface area contributed by atoms with Gasteiger partial charge in [0.05, 0.1) is 37.1 Å². The quantitative estimate of drug-likeness (QED) is 0.0332. The van der Waals surface area contributed by atoms with Crippen LogP contribution in [-0.4, -0.2) is 99.4 Å². The molecule has 1 fully saturated rings. The second-order valence-corrected chi connectivity index (χ2v) is 22.4. The molecule has 0 aliphatic carbocycles. The molecule has 1 heterocycles. The van der Waals surface area contributed by atoms with E-state index >= 15 is 0 Å². The summed E-state index contributed by atoms with van der Waals surface area (Å²) < 4.78 is 23.3. The van der Waals surface area contributed by atoms with Gasteiger partial charge in [-0.2, -0.15) is 0 Å². The van der Waals surface area contributed by atoms with Gasteiger partial charge in [-0.05, 0) is 112 Å². The van der Waals surface area contributed by atoms with E-state index in [0.29, 0.717) is 45.8 Å². The minimum absolute atomic E-state index is 0.0865. The Kier molecular flexibility index (Phi) is 37.0. The minimum atomic E-state index is -0.512. The molecular formula is C58H110N2O8. The Bertz CT molecular complexity index is 1270. The Morgan fingerprint density at radius 1 is 0.529 bits per heavy atom.